The molecule has 0 aromatic heterocycles. The highest BCUT2D eigenvalue weighted by Crippen LogP contribution is 2.11. The maximum atomic E-state index is 11.1. The Balaban J connectivity index is 2.99. The van der Waals surface area contributed by atoms with E-state index in [0.29, 0.717) is 0 Å². The molecule has 1 rings (SSSR count). The summed E-state index contributed by atoms with van der Waals surface area (Å²) in [5.74, 6) is -0.121. The van der Waals surface area contributed by atoms with E-state index < -0.39 is 6.03 Å². The molecule has 13 heavy (non-hydrogen) atoms. The number of nitrogens with zero attached hydrogens (tertiary/aromatic N) is 2. The van der Waals surface area contributed by atoms with Crippen LogP contribution in [0.1, 0.15) is 0 Å². The van der Waals surface area contributed by atoms with E-state index in [1.807, 2.05) is 5.48 Å². The van der Waals surface area contributed by atoms with Crippen molar-refractivity contribution < 1.29 is 9.63 Å². The summed E-state index contributed by atoms with van der Waals surface area (Å²) in [6, 6.07) is 1.23. The molecule has 0 unspecified atom stereocenters. The van der Waals surface area contributed by atoms with Crippen LogP contribution in [0.15, 0.2) is 24.2 Å². The summed E-state index contributed by atoms with van der Waals surface area (Å²) in [4.78, 5) is 16.8. The highest BCUT2D eigenvalue weighted by molar-refractivity contribution is 5.77. The zero-order valence-electron chi connectivity index (χ0n) is 6.78. The predicted octanol–water partition coefficient (Wildman–Crippen LogP) is -0.219. The fourth-order valence-corrected chi connectivity index (χ4v) is 0.855. The number of carbonyl (C=O) groups is 1. The summed E-state index contributed by atoms with van der Waals surface area (Å²) >= 11 is 0. The number of hydroxylamine groups is 1. The standard InChI is InChI=1S/C7H8N4O2/c1-2-3-11-5(4-8)6(9)13-10-7(11)12/h2H,1,3,9H2,(H,10,12). The van der Waals surface area contributed by atoms with E-state index in [4.69, 9.17) is 11.0 Å². The van der Waals surface area contributed by atoms with Gasteiger partial charge in [-0.1, -0.05) is 6.08 Å². The number of urea groups is 1. The number of nitrogens with one attached hydrogen (secondary N) is 1. The van der Waals surface area contributed by atoms with Gasteiger partial charge in [-0.15, -0.1) is 6.58 Å². The largest absolute Gasteiger partial charge is 0.365 e. The first kappa shape index (κ1) is 8.93. The van der Waals surface area contributed by atoms with Gasteiger partial charge in [0.2, 0.25) is 0 Å². The fourth-order valence-electron chi connectivity index (χ4n) is 0.855. The van der Waals surface area contributed by atoms with Crippen molar-refractivity contribution in [3.63, 3.8) is 0 Å². The Morgan fingerprint density at radius 3 is 3.08 bits per heavy atom. The van der Waals surface area contributed by atoms with Crippen LogP contribution < -0.4 is 11.2 Å². The van der Waals surface area contributed by atoms with Crippen LogP contribution in [-0.4, -0.2) is 17.5 Å². The normalized spacial score (nSPS) is 15.9. The number of rotatable bonds is 2. The van der Waals surface area contributed by atoms with E-state index in [1.165, 1.54) is 6.08 Å². The van der Waals surface area contributed by atoms with Gasteiger partial charge in [0, 0.05) is 6.54 Å². The molecule has 0 saturated carbocycles. The second-order valence-electron chi connectivity index (χ2n) is 2.23. The van der Waals surface area contributed by atoms with Gasteiger partial charge in [0.15, 0.2) is 5.70 Å². The Morgan fingerprint density at radius 2 is 2.54 bits per heavy atom. The molecule has 6 heteroatoms. The first-order chi connectivity index (χ1) is 6.20. The van der Waals surface area contributed by atoms with Gasteiger partial charge in [-0.05, 0) is 0 Å². The predicted molar refractivity (Wildman–Crippen MR) is 43.3 cm³/mol. The Bertz CT molecular complexity index is 315. The van der Waals surface area contributed by atoms with E-state index in [-0.39, 0.29) is 18.1 Å². The Morgan fingerprint density at radius 1 is 1.85 bits per heavy atom. The van der Waals surface area contributed by atoms with E-state index >= 15 is 0 Å². The molecule has 1 aliphatic rings. The lowest BCUT2D eigenvalue weighted by atomic mass is 10.4. The summed E-state index contributed by atoms with van der Waals surface area (Å²) < 4.78 is 0. The number of carbonyl (C=O) groups excluding carboxylic acids is 1. The maximum absolute atomic E-state index is 11.1. The van der Waals surface area contributed by atoms with Gasteiger partial charge in [0.25, 0.3) is 5.88 Å². The van der Waals surface area contributed by atoms with Crippen LogP contribution in [0.25, 0.3) is 0 Å². The molecule has 3 N–H and O–H groups in total. The van der Waals surface area contributed by atoms with Crippen molar-refractivity contribution >= 4 is 6.03 Å². The smallest absolute Gasteiger partial charge is 0.356 e. The average molecular weight is 180 g/mol. The molecule has 0 spiro atoms. The van der Waals surface area contributed by atoms with Gasteiger partial charge in [0.1, 0.15) is 6.07 Å². The number of hydrogen-bond donors (Lipinski definition) is 2. The molecule has 0 aromatic rings. The van der Waals surface area contributed by atoms with Crippen molar-refractivity contribution in [3.05, 3.63) is 24.2 Å². The fraction of sp³-hybridized carbons (Fsp3) is 0.143. The first-order valence-electron chi connectivity index (χ1n) is 3.45. The van der Waals surface area contributed by atoms with E-state index in [2.05, 4.69) is 11.4 Å². The molecule has 1 aliphatic heterocycles. The van der Waals surface area contributed by atoms with Crippen LogP contribution in [0, 0.1) is 11.3 Å². The van der Waals surface area contributed by atoms with Crippen molar-refractivity contribution in [2.24, 2.45) is 5.73 Å². The summed E-state index contributed by atoms with van der Waals surface area (Å²) in [7, 11) is 0. The lowest BCUT2D eigenvalue weighted by molar-refractivity contribution is 0.0791. The topological polar surface area (TPSA) is 91.4 Å². The van der Waals surface area contributed by atoms with Crippen molar-refractivity contribution in [2.75, 3.05) is 6.54 Å². The van der Waals surface area contributed by atoms with Gasteiger partial charge in [-0.25, -0.2) is 4.79 Å². The van der Waals surface area contributed by atoms with Crippen molar-refractivity contribution in [2.45, 2.75) is 0 Å². The van der Waals surface area contributed by atoms with Gasteiger partial charge >= 0.3 is 6.03 Å². The van der Waals surface area contributed by atoms with Crippen LogP contribution in [-0.2, 0) is 4.84 Å². The third kappa shape index (κ3) is 1.54. The van der Waals surface area contributed by atoms with E-state index in [1.54, 1.807) is 6.07 Å². The Labute approximate surface area is 74.8 Å². The average Bonchev–Trinajstić information content (AvgIpc) is 2.12. The number of nitrogens with two attached hydrogens (primary N) is 1. The first-order valence-corrected chi connectivity index (χ1v) is 3.45. The van der Waals surface area contributed by atoms with Crippen LogP contribution in [0.2, 0.25) is 0 Å². The summed E-state index contributed by atoms with van der Waals surface area (Å²) in [6.45, 7) is 3.65. The molecule has 0 aliphatic carbocycles. The second-order valence-corrected chi connectivity index (χ2v) is 2.23. The molecule has 0 saturated heterocycles. The van der Waals surface area contributed by atoms with Gasteiger partial charge < -0.3 is 10.6 Å². The van der Waals surface area contributed by atoms with Crippen molar-refractivity contribution in [1.29, 1.82) is 5.26 Å². The van der Waals surface area contributed by atoms with E-state index in [0.717, 1.165) is 4.90 Å². The van der Waals surface area contributed by atoms with Gasteiger partial charge in [0.05, 0.1) is 0 Å². The lowest BCUT2D eigenvalue weighted by Gasteiger charge is -2.25. The molecule has 1 heterocycles. The molecule has 0 aromatic carbocycles. The summed E-state index contributed by atoms with van der Waals surface area (Å²) in [5, 5.41) is 8.65. The monoisotopic (exact) mass is 180 g/mol. The molecule has 2 amide bonds. The minimum absolute atomic E-state index is 0.0105. The third-order valence-electron chi connectivity index (χ3n) is 1.41. The summed E-state index contributed by atoms with van der Waals surface area (Å²) in [6.07, 6.45) is 1.48. The SMILES string of the molecule is C=CCN1C(=O)NOC(N)=C1C#N. The van der Waals surface area contributed by atoms with Gasteiger partial charge in [-0.2, -0.15) is 10.7 Å². The number of amides is 2. The third-order valence-corrected chi connectivity index (χ3v) is 1.41. The molecular formula is C7H8N4O2. The van der Waals surface area contributed by atoms with Gasteiger partial charge in [-0.3, -0.25) is 4.90 Å². The second kappa shape index (κ2) is 3.49. The zero-order valence-corrected chi connectivity index (χ0v) is 6.78. The number of allylic oxidation sites excluding steroid dienone is 1. The highest BCUT2D eigenvalue weighted by Gasteiger charge is 2.25. The maximum Gasteiger partial charge on any atom is 0.356 e. The molecule has 0 bridgehead atoms. The minimum atomic E-state index is -0.536. The van der Waals surface area contributed by atoms with Crippen LogP contribution in [0.5, 0.6) is 0 Å². The number of nitriles is 1. The Kier molecular flexibility index (Phi) is 2.40. The lowest BCUT2D eigenvalue weighted by Crippen LogP contribution is -2.45. The van der Waals surface area contributed by atoms with Crippen LogP contribution in [0.3, 0.4) is 0 Å². The molecule has 6 nitrogen and oxygen atoms in total. The summed E-state index contributed by atoms with van der Waals surface area (Å²) in [5.41, 5.74) is 7.34. The highest BCUT2D eigenvalue weighted by atomic mass is 16.7. The molecule has 0 fully saturated rings. The molecule has 68 valence electrons. The molecule has 0 atom stereocenters. The van der Waals surface area contributed by atoms with E-state index in [9.17, 15) is 4.79 Å². The number of hydrogen-bond acceptors (Lipinski definition) is 4. The minimum Gasteiger partial charge on any atom is -0.365 e. The zero-order chi connectivity index (χ0) is 9.84. The van der Waals surface area contributed by atoms with Crippen LogP contribution >= 0.6 is 0 Å². The Hall–Kier alpha value is -2.16. The quantitative estimate of drug-likeness (QED) is 0.574. The molecular weight excluding hydrogens is 172 g/mol. The molecule has 0 radical (unpaired) electrons. The van der Waals surface area contributed by atoms with Crippen LogP contribution in [0.4, 0.5) is 4.79 Å². The van der Waals surface area contributed by atoms with Crippen molar-refractivity contribution in [3.8, 4) is 6.07 Å². The van der Waals surface area contributed by atoms with Crippen molar-refractivity contribution in [1.82, 2.24) is 10.4 Å².